The fourth-order valence-electron chi connectivity index (χ4n) is 3.39. The Kier molecular flexibility index (Phi) is 4.43. The molecule has 0 amide bonds. The second-order valence-electron chi connectivity index (χ2n) is 5.84. The monoisotopic (exact) mass is 239 g/mol. The van der Waals surface area contributed by atoms with E-state index in [0.717, 1.165) is 45.3 Å². The second-order valence-corrected chi connectivity index (χ2v) is 5.84. The first kappa shape index (κ1) is 12.9. The van der Waals surface area contributed by atoms with Gasteiger partial charge in [-0.25, -0.2) is 0 Å². The molecular formula is C14H25NO2. The van der Waals surface area contributed by atoms with Crippen molar-refractivity contribution in [3.05, 3.63) is 0 Å². The molecule has 1 saturated carbocycles. The van der Waals surface area contributed by atoms with Crippen LogP contribution in [0.25, 0.3) is 0 Å². The van der Waals surface area contributed by atoms with Crippen molar-refractivity contribution in [2.75, 3.05) is 19.6 Å². The van der Waals surface area contributed by atoms with Gasteiger partial charge in [-0.2, -0.15) is 0 Å². The molecule has 1 heterocycles. The summed E-state index contributed by atoms with van der Waals surface area (Å²) in [6.45, 7) is 3.01. The molecule has 3 heteroatoms. The maximum absolute atomic E-state index is 11.5. The molecule has 0 atom stereocenters. The van der Waals surface area contributed by atoms with Crippen molar-refractivity contribution in [1.29, 1.82) is 0 Å². The smallest absolute Gasteiger partial charge is 0.310 e. The van der Waals surface area contributed by atoms with Gasteiger partial charge in [0.25, 0.3) is 0 Å². The van der Waals surface area contributed by atoms with Gasteiger partial charge in [-0.1, -0.05) is 32.1 Å². The molecule has 17 heavy (non-hydrogen) atoms. The maximum atomic E-state index is 11.5. The summed E-state index contributed by atoms with van der Waals surface area (Å²) in [5.74, 6) is -0.558. The van der Waals surface area contributed by atoms with E-state index in [0.29, 0.717) is 0 Å². The minimum Gasteiger partial charge on any atom is -0.481 e. The van der Waals surface area contributed by atoms with E-state index in [1.165, 1.54) is 32.1 Å². The largest absolute Gasteiger partial charge is 0.481 e. The molecule has 2 aliphatic rings. The Morgan fingerprint density at radius 3 is 2.00 bits per heavy atom. The molecule has 0 spiro atoms. The number of rotatable bonds is 3. The zero-order valence-electron chi connectivity index (χ0n) is 10.8. The van der Waals surface area contributed by atoms with Crippen LogP contribution >= 0.6 is 0 Å². The summed E-state index contributed by atoms with van der Waals surface area (Å²) in [5, 5.41) is 9.49. The Morgan fingerprint density at radius 1 is 0.941 bits per heavy atom. The van der Waals surface area contributed by atoms with Crippen LogP contribution in [0.4, 0.5) is 0 Å². The van der Waals surface area contributed by atoms with Crippen molar-refractivity contribution >= 4 is 5.97 Å². The van der Waals surface area contributed by atoms with Crippen LogP contribution in [0.15, 0.2) is 0 Å². The lowest BCUT2D eigenvalue weighted by Gasteiger charge is -2.33. The average molecular weight is 239 g/mol. The first-order valence-corrected chi connectivity index (χ1v) is 7.19. The van der Waals surface area contributed by atoms with E-state index in [1.807, 2.05) is 0 Å². The van der Waals surface area contributed by atoms with Gasteiger partial charge < -0.3 is 10.0 Å². The number of hydrogen-bond donors (Lipinski definition) is 1. The number of aliphatic carboxylic acids is 1. The van der Waals surface area contributed by atoms with Gasteiger partial charge in [-0.05, 0) is 38.8 Å². The summed E-state index contributed by atoms with van der Waals surface area (Å²) in [4.78, 5) is 13.9. The highest BCUT2D eigenvalue weighted by atomic mass is 16.4. The summed E-state index contributed by atoms with van der Waals surface area (Å²) in [6, 6.07) is 0. The van der Waals surface area contributed by atoms with E-state index in [4.69, 9.17) is 0 Å². The summed E-state index contributed by atoms with van der Waals surface area (Å²) in [5.41, 5.74) is -0.417. The normalized spacial score (nSPS) is 26.4. The molecule has 0 radical (unpaired) electrons. The Labute approximate surface area is 104 Å². The van der Waals surface area contributed by atoms with Crippen molar-refractivity contribution < 1.29 is 9.90 Å². The zero-order chi connectivity index (χ0) is 12.1. The predicted molar refractivity (Wildman–Crippen MR) is 68.1 cm³/mol. The molecule has 0 bridgehead atoms. The quantitative estimate of drug-likeness (QED) is 0.823. The third-order valence-electron chi connectivity index (χ3n) is 4.49. The molecule has 2 rings (SSSR count). The molecule has 1 aliphatic heterocycles. The van der Waals surface area contributed by atoms with Crippen LogP contribution in [-0.4, -0.2) is 35.6 Å². The number of nitrogens with zero attached hydrogens (tertiary/aromatic N) is 1. The van der Waals surface area contributed by atoms with Crippen molar-refractivity contribution in [3.63, 3.8) is 0 Å². The lowest BCUT2D eigenvalue weighted by Crippen LogP contribution is -2.42. The van der Waals surface area contributed by atoms with E-state index >= 15 is 0 Å². The number of likely N-dealkylation sites (tertiary alicyclic amines) is 1. The number of carboxylic acids is 1. The minimum atomic E-state index is -0.558. The molecule has 1 N–H and O–H groups in total. The summed E-state index contributed by atoms with van der Waals surface area (Å²) >= 11 is 0. The SMILES string of the molecule is O=C(O)C1(CN2CCCCCCC2)CCCC1. The van der Waals surface area contributed by atoms with Gasteiger partial charge in [0.15, 0.2) is 0 Å². The van der Waals surface area contributed by atoms with Gasteiger partial charge in [-0.15, -0.1) is 0 Å². The van der Waals surface area contributed by atoms with E-state index in [-0.39, 0.29) is 0 Å². The molecular weight excluding hydrogens is 214 g/mol. The number of hydrogen-bond acceptors (Lipinski definition) is 2. The highest BCUT2D eigenvalue weighted by Gasteiger charge is 2.42. The number of carboxylic acid groups (broad SMARTS) is 1. The summed E-state index contributed by atoms with van der Waals surface area (Å²) in [6.07, 6.45) is 10.5. The Morgan fingerprint density at radius 2 is 1.47 bits per heavy atom. The van der Waals surface area contributed by atoms with E-state index < -0.39 is 11.4 Å². The summed E-state index contributed by atoms with van der Waals surface area (Å²) < 4.78 is 0. The molecule has 1 saturated heterocycles. The van der Waals surface area contributed by atoms with Crippen LogP contribution in [0.3, 0.4) is 0 Å². The highest BCUT2D eigenvalue weighted by Crippen LogP contribution is 2.39. The zero-order valence-corrected chi connectivity index (χ0v) is 10.8. The van der Waals surface area contributed by atoms with Crippen LogP contribution in [0.5, 0.6) is 0 Å². The topological polar surface area (TPSA) is 40.5 Å². The van der Waals surface area contributed by atoms with Gasteiger partial charge in [0.2, 0.25) is 0 Å². The van der Waals surface area contributed by atoms with Gasteiger partial charge in [0.05, 0.1) is 5.41 Å². The fourth-order valence-corrected chi connectivity index (χ4v) is 3.39. The molecule has 98 valence electrons. The predicted octanol–water partition coefficient (Wildman–Crippen LogP) is 2.90. The minimum absolute atomic E-state index is 0.417. The van der Waals surface area contributed by atoms with E-state index in [9.17, 15) is 9.90 Å². The van der Waals surface area contributed by atoms with Crippen molar-refractivity contribution in [3.8, 4) is 0 Å². The van der Waals surface area contributed by atoms with E-state index in [2.05, 4.69) is 4.90 Å². The summed E-state index contributed by atoms with van der Waals surface area (Å²) in [7, 11) is 0. The molecule has 0 aromatic heterocycles. The van der Waals surface area contributed by atoms with Gasteiger partial charge >= 0.3 is 5.97 Å². The Hall–Kier alpha value is -0.570. The van der Waals surface area contributed by atoms with Crippen LogP contribution in [-0.2, 0) is 4.79 Å². The third kappa shape index (κ3) is 3.21. The van der Waals surface area contributed by atoms with Crippen LogP contribution in [0.2, 0.25) is 0 Å². The lowest BCUT2D eigenvalue weighted by molar-refractivity contribution is -0.150. The number of carbonyl (C=O) groups is 1. The average Bonchev–Trinajstić information content (AvgIpc) is 2.71. The van der Waals surface area contributed by atoms with Crippen molar-refractivity contribution in [1.82, 2.24) is 4.90 Å². The van der Waals surface area contributed by atoms with Crippen LogP contribution in [0.1, 0.15) is 57.8 Å². The van der Waals surface area contributed by atoms with Crippen LogP contribution < -0.4 is 0 Å². The maximum Gasteiger partial charge on any atom is 0.310 e. The Balaban J connectivity index is 1.94. The molecule has 0 unspecified atom stereocenters. The molecule has 3 nitrogen and oxygen atoms in total. The van der Waals surface area contributed by atoms with Gasteiger partial charge in [-0.3, -0.25) is 4.79 Å². The standard InChI is InChI=1S/C14H25NO2/c16-13(17)14(8-4-5-9-14)12-15-10-6-2-1-3-7-11-15/h1-12H2,(H,16,17). The molecule has 1 aliphatic carbocycles. The first-order chi connectivity index (χ1) is 8.23. The third-order valence-corrected chi connectivity index (χ3v) is 4.49. The fraction of sp³-hybridized carbons (Fsp3) is 0.929. The molecule has 0 aromatic carbocycles. The van der Waals surface area contributed by atoms with E-state index in [1.54, 1.807) is 0 Å². The Bertz CT molecular complexity index is 251. The second kappa shape index (κ2) is 5.85. The van der Waals surface area contributed by atoms with Crippen molar-refractivity contribution in [2.24, 2.45) is 5.41 Å². The lowest BCUT2D eigenvalue weighted by atomic mass is 9.85. The molecule has 0 aromatic rings. The highest BCUT2D eigenvalue weighted by molar-refractivity contribution is 5.75. The van der Waals surface area contributed by atoms with Crippen molar-refractivity contribution in [2.45, 2.75) is 57.8 Å². The van der Waals surface area contributed by atoms with Gasteiger partial charge in [0, 0.05) is 6.54 Å². The van der Waals surface area contributed by atoms with Crippen LogP contribution in [0, 0.1) is 5.41 Å². The van der Waals surface area contributed by atoms with Gasteiger partial charge in [0.1, 0.15) is 0 Å². The first-order valence-electron chi connectivity index (χ1n) is 7.19. The molecule has 2 fully saturated rings.